The highest BCUT2D eigenvalue weighted by Gasteiger charge is 2.23. The second kappa shape index (κ2) is 11.5. The van der Waals surface area contributed by atoms with Gasteiger partial charge in [0.15, 0.2) is 0 Å². The molecule has 0 spiro atoms. The van der Waals surface area contributed by atoms with E-state index in [1.54, 1.807) is 0 Å². The molecule has 2 aliphatic heterocycles. The molecule has 0 aliphatic carbocycles. The molecular weight excluding hydrogens is 414 g/mol. The number of aryl methyl sites for hydroxylation is 1. The molecule has 1 amide bonds. The lowest BCUT2D eigenvalue weighted by Gasteiger charge is -2.37. The topological polar surface area (TPSA) is 54.0 Å². The van der Waals surface area contributed by atoms with Crippen molar-refractivity contribution in [3.8, 4) is 5.75 Å². The van der Waals surface area contributed by atoms with Crippen LogP contribution in [-0.2, 0) is 16.1 Å². The van der Waals surface area contributed by atoms with Gasteiger partial charge in [-0.2, -0.15) is 0 Å². The lowest BCUT2D eigenvalue weighted by Crippen LogP contribution is -2.46. The van der Waals surface area contributed by atoms with Crippen molar-refractivity contribution in [2.24, 2.45) is 0 Å². The molecule has 2 fully saturated rings. The Labute approximate surface area is 197 Å². The van der Waals surface area contributed by atoms with Gasteiger partial charge < -0.3 is 19.7 Å². The molecule has 6 heteroatoms. The highest BCUT2D eigenvalue weighted by atomic mass is 16.5. The Bertz CT molecular complexity index is 919. The van der Waals surface area contributed by atoms with Crippen LogP contribution < -0.4 is 15.0 Å². The summed E-state index contributed by atoms with van der Waals surface area (Å²) in [5.41, 5.74) is 5.40. The monoisotopic (exact) mass is 451 g/mol. The third-order valence-electron chi connectivity index (χ3n) is 6.70. The maximum Gasteiger partial charge on any atom is 0.249 e. The van der Waals surface area contributed by atoms with Gasteiger partial charge in [0.25, 0.3) is 0 Å². The zero-order chi connectivity index (χ0) is 23.0. The number of anilines is 1. The Balaban J connectivity index is 1.18. The van der Waals surface area contributed by atoms with E-state index in [1.165, 1.54) is 22.4 Å². The Morgan fingerprint density at radius 2 is 1.94 bits per heavy atom. The summed E-state index contributed by atoms with van der Waals surface area (Å²) < 4.78 is 11.3. The maximum atomic E-state index is 12.0. The fourth-order valence-corrected chi connectivity index (χ4v) is 4.59. The number of carbonyl (C=O) groups is 1. The largest absolute Gasteiger partial charge is 0.494 e. The number of carbonyl (C=O) groups excluding carboxylic acids is 1. The van der Waals surface area contributed by atoms with Crippen LogP contribution in [0.25, 0.3) is 0 Å². The molecule has 6 nitrogen and oxygen atoms in total. The maximum absolute atomic E-state index is 12.0. The molecule has 1 N–H and O–H groups in total. The van der Waals surface area contributed by atoms with Gasteiger partial charge in [0.05, 0.1) is 6.61 Å². The summed E-state index contributed by atoms with van der Waals surface area (Å²) in [7, 11) is 0. The number of benzene rings is 2. The first-order valence-electron chi connectivity index (χ1n) is 12.2. The fraction of sp³-hybridized carbons (Fsp3) is 0.519. The van der Waals surface area contributed by atoms with Crippen LogP contribution in [-0.4, -0.2) is 62.8 Å². The number of hydrogen-bond donors (Lipinski definition) is 1. The Morgan fingerprint density at radius 1 is 1.12 bits per heavy atom. The van der Waals surface area contributed by atoms with Gasteiger partial charge in [-0.3, -0.25) is 9.69 Å². The average molecular weight is 452 g/mol. The van der Waals surface area contributed by atoms with Crippen molar-refractivity contribution in [1.82, 2.24) is 10.2 Å². The summed E-state index contributed by atoms with van der Waals surface area (Å²) in [6, 6.07) is 15.0. The number of nitrogens with zero attached hydrogens (tertiary/aromatic N) is 2. The van der Waals surface area contributed by atoms with E-state index >= 15 is 0 Å². The van der Waals surface area contributed by atoms with Crippen LogP contribution in [0.4, 0.5) is 5.69 Å². The van der Waals surface area contributed by atoms with Gasteiger partial charge in [-0.25, -0.2) is 0 Å². The first-order valence-corrected chi connectivity index (χ1v) is 12.2. The molecule has 2 heterocycles. The molecule has 0 saturated carbocycles. The van der Waals surface area contributed by atoms with Crippen LogP contribution >= 0.6 is 0 Å². The molecule has 2 aliphatic rings. The van der Waals surface area contributed by atoms with Crippen molar-refractivity contribution in [2.75, 3.05) is 50.8 Å². The third-order valence-corrected chi connectivity index (χ3v) is 6.70. The second-order valence-corrected chi connectivity index (χ2v) is 9.12. The Morgan fingerprint density at radius 3 is 2.73 bits per heavy atom. The predicted octanol–water partition coefficient (Wildman–Crippen LogP) is 3.69. The van der Waals surface area contributed by atoms with Gasteiger partial charge in [0, 0.05) is 51.6 Å². The summed E-state index contributed by atoms with van der Waals surface area (Å²) in [4.78, 5) is 17.0. The number of ether oxygens (including phenoxy) is 2. The molecule has 2 aromatic carbocycles. The minimum Gasteiger partial charge on any atom is -0.494 e. The van der Waals surface area contributed by atoms with E-state index in [9.17, 15) is 4.79 Å². The highest BCUT2D eigenvalue weighted by Crippen LogP contribution is 2.24. The molecule has 1 atom stereocenters. The van der Waals surface area contributed by atoms with Gasteiger partial charge in [0.1, 0.15) is 11.9 Å². The van der Waals surface area contributed by atoms with Crippen molar-refractivity contribution < 1.29 is 14.3 Å². The van der Waals surface area contributed by atoms with Gasteiger partial charge >= 0.3 is 0 Å². The fourth-order valence-electron chi connectivity index (χ4n) is 4.59. The predicted molar refractivity (Wildman–Crippen MR) is 132 cm³/mol. The molecule has 4 rings (SSSR count). The third kappa shape index (κ3) is 6.49. The van der Waals surface area contributed by atoms with Gasteiger partial charge in [-0.15, -0.1) is 0 Å². The van der Waals surface area contributed by atoms with Crippen molar-refractivity contribution >= 4 is 11.6 Å². The van der Waals surface area contributed by atoms with Crippen LogP contribution in [0.5, 0.6) is 5.75 Å². The lowest BCUT2D eigenvalue weighted by atomic mass is 10.1. The van der Waals surface area contributed by atoms with Crippen LogP contribution in [0.3, 0.4) is 0 Å². The molecule has 33 heavy (non-hydrogen) atoms. The Hall–Kier alpha value is -2.57. The summed E-state index contributed by atoms with van der Waals surface area (Å²) in [5.74, 6) is 0.902. The molecule has 2 saturated heterocycles. The molecule has 0 radical (unpaired) electrons. The lowest BCUT2D eigenvalue weighted by molar-refractivity contribution is -0.130. The first kappa shape index (κ1) is 23.6. The van der Waals surface area contributed by atoms with E-state index in [2.05, 4.69) is 65.4 Å². The zero-order valence-electron chi connectivity index (χ0n) is 20.0. The number of hydrogen-bond acceptors (Lipinski definition) is 5. The molecule has 0 bridgehead atoms. The normalized spacial score (nSPS) is 19.0. The minimum absolute atomic E-state index is 0.00662. The van der Waals surface area contributed by atoms with E-state index in [0.29, 0.717) is 19.8 Å². The molecule has 178 valence electrons. The summed E-state index contributed by atoms with van der Waals surface area (Å²) in [5, 5.41) is 2.94. The number of nitrogens with one attached hydrogen (secondary N) is 1. The average Bonchev–Trinajstić information content (AvgIpc) is 3.37. The number of rotatable bonds is 9. The quantitative estimate of drug-likeness (QED) is 0.590. The smallest absolute Gasteiger partial charge is 0.249 e. The SMILES string of the molecule is Cc1cccc(N2CCN(Cc3cccc(OCCCNC(=O)[C@@H]4CCCO4)c3)CC2)c1C. The van der Waals surface area contributed by atoms with Crippen LogP contribution in [0.1, 0.15) is 36.0 Å². The van der Waals surface area contributed by atoms with Crippen molar-refractivity contribution in [3.63, 3.8) is 0 Å². The standard InChI is InChI=1S/C27H37N3O3/c1-21-7-3-10-25(22(21)2)30-15-13-29(14-16-30)20-23-8-4-9-24(19-23)32-18-6-12-28-27(31)26-11-5-17-33-26/h3-4,7-10,19,26H,5-6,11-18,20H2,1-2H3,(H,28,31)/t26-/m0/s1. The van der Waals surface area contributed by atoms with Crippen molar-refractivity contribution in [3.05, 3.63) is 59.2 Å². The molecule has 0 aromatic heterocycles. The van der Waals surface area contributed by atoms with E-state index < -0.39 is 0 Å². The van der Waals surface area contributed by atoms with Crippen LogP contribution in [0.2, 0.25) is 0 Å². The van der Waals surface area contributed by atoms with Crippen LogP contribution in [0.15, 0.2) is 42.5 Å². The van der Waals surface area contributed by atoms with Crippen molar-refractivity contribution in [1.29, 1.82) is 0 Å². The van der Waals surface area contributed by atoms with Crippen molar-refractivity contribution in [2.45, 2.75) is 45.8 Å². The summed E-state index contributed by atoms with van der Waals surface area (Å²) in [6.45, 7) is 11.5. The molecular formula is C27H37N3O3. The van der Waals surface area contributed by atoms with E-state index in [4.69, 9.17) is 9.47 Å². The van der Waals surface area contributed by atoms with Gasteiger partial charge in [-0.05, 0) is 68.0 Å². The van der Waals surface area contributed by atoms with E-state index in [1.807, 2.05) is 6.07 Å². The van der Waals surface area contributed by atoms with Gasteiger partial charge in [-0.1, -0.05) is 24.3 Å². The Kier molecular flexibility index (Phi) is 8.24. The minimum atomic E-state index is -0.259. The first-order chi connectivity index (χ1) is 16.1. The number of amides is 1. The number of piperazine rings is 1. The van der Waals surface area contributed by atoms with E-state index in [-0.39, 0.29) is 12.0 Å². The van der Waals surface area contributed by atoms with Crippen LogP contribution in [0, 0.1) is 13.8 Å². The molecule has 0 unspecified atom stereocenters. The zero-order valence-corrected chi connectivity index (χ0v) is 20.0. The second-order valence-electron chi connectivity index (χ2n) is 9.12. The summed E-state index contributed by atoms with van der Waals surface area (Å²) in [6.07, 6.45) is 2.32. The summed E-state index contributed by atoms with van der Waals surface area (Å²) >= 11 is 0. The van der Waals surface area contributed by atoms with Gasteiger partial charge in [0.2, 0.25) is 5.91 Å². The highest BCUT2D eigenvalue weighted by molar-refractivity contribution is 5.80. The molecule has 2 aromatic rings. The van der Waals surface area contributed by atoms with E-state index in [0.717, 1.165) is 57.7 Å².